The highest BCUT2D eigenvalue weighted by atomic mass is 35.5. The molecule has 0 unspecified atom stereocenters. The van der Waals surface area contributed by atoms with E-state index in [0.29, 0.717) is 17.3 Å². The summed E-state index contributed by atoms with van der Waals surface area (Å²) in [6.07, 6.45) is 1.90. The van der Waals surface area contributed by atoms with Gasteiger partial charge in [-0.25, -0.2) is 4.90 Å². The van der Waals surface area contributed by atoms with Crippen LogP contribution in [0.2, 0.25) is 5.02 Å². The molecule has 1 atom stereocenters. The van der Waals surface area contributed by atoms with E-state index < -0.39 is 6.04 Å². The number of carbonyl (C=O) groups is 2. The van der Waals surface area contributed by atoms with Crippen LogP contribution in [0.3, 0.4) is 0 Å². The fraction of sp³-hybridized carbons (Fsp3) is 0.333. The van der Waals surface area contributed by atoms with Crippen molar-refractivity contribution in [2.24, 2.45) is 0 Å². The molecule has 1 aromatic rings. The topological polar surface area (TPSA) is 40.6 Å². The Balaban J connectivity index is 2.28. The Kier molecular flexibility index (Phi) is 4.26. The van der Waals surface area contributed by atoms with Crippen LogP contribution in [0.4, 0.5) is 5.69 Å². The van der Waals surface area contributed by atoms with E-state index in [2.05, 4.69) is 6.58 Å². The minimum absolute atomic E-state index is 0.189. The first-order valence-electron chi connectivity index (χ1n) is 6.39. The van der Waals surface area contributed by atoms with Gasteiger partial charge in [0.15, 0.2) is 0 Å². The molecule has 0 N–H and O–H groups in total. The highest BCUT2D eigenvalue weighted by Gasteiger charge is 2.41. The van der Waals surface area contributed by atoms with Crippen LogP contribution in [-0.4, -0.2) is 36.3 Å². The van der Waals surface area contributed by atoms with Gasteiger partial charge in [0, 0.05) is 11.6 Å². The number of benzene rings is 1. The zero-order valence-corrected chi connectivity index (χ0v) is 12.4. The third kappa shape index (κ3) is 2.62. The number of nitrogens with zero attached hydrogens (tertiary/aromatic N) is 2. The summed E-state index contributed by atoms with van der Waals surface area (Å²) in [6, 6.07) is 4.77. The second-order valence-electron chi connectivity index (χ2n) is 4.95. The lowest BCUT2D eigenvalue weighted by molar-refractivity contribution is -0.122. The van der Waals surface area contributed by atoms with Crippen LogP contribution < -0.4 is 4.90 Å². The van der Waals surface area contributed by atoms with E-state index in [1.54, 1.807) is 24.3 Å². The summed E-state index contributed by atoms with van der Waals surface area (Å²) < 4.78 is 0. The molecule has 0 aromatic heterocycles. The summed E-state index contributed by atoms with van der Waals surface area (Å²) in [6.45, 7) is 6.08. The highest BCUT2D eigenvalue weighted by molar-refractivity contribution is 6.32. The molecule has 4 nitrogen and oxygen atoms in total. The molecular formula is C15H17ClN2O2. The minimum atomic E-state index is -0.430. The molecule has 0 saturated carbocycles. The predicted molar refractivity (Wildman–Crippen MR) is 79.9 cm³/mol. The lowest BCUT2D eigenvalue weighted by atomic mass is 10.2. The van der Waals surface area contributed by atoms with Gasteiger partial charge in [-0.15, -0.1) is 6.58 Å². The Morgan fingerprint density at radius 3 is 2.80 bits per heavy atom. The summed E-state index contributed by atoms with van der Waals surface area (Å²) in [5.74, 6) is -0.407. The van der Waals surface area contributed by atoms with Crippen molar-refractivity contribution >= 4 is 29.1 Å². The van der Waals surface area contributed by atoms with Crippen molar-refractivity contribution in [1.29, 1.82) is 0 Å². The Morgan fingerprint density at radius 2 is 2.20 bits per heavy atom. The molecule has 0 aliphatic carbocycles. The molecule has 1 aliphatic heterocycles. The van der Waals surface area contributed by atoms with Crippen molar-refractivity contribution in [1.82, 2.24) is 4.90 Å². The molecule has 106 valence electrons. The number of hydrogen-bond donors (Lipinski definition) is 0. The molecule has 1 heterocycles. The number of aryl methyl sites for hydroxylation is 1. The van der Waals surface area contributed by atoms with Gasteiger partial charge in [0.25, 0.3) is 5.91 Å². The van der Waals surface area contributed by atoms with Crippen molar-refractivity contribution in [2.45, 2.75) is 19.4 Å². The van der Waals surface area contributed by atoms with Crippen LogP contribution in [-0.2, 0) is 9.59 Å². The second kappa shape index (κ2) is 5.77. The number of halogens is 1. The molecule has 0 bridgehead atoms. The normalized spacial score (nSPS) is 19.0. The standard InChI is InChI=1S/C15H17ClN2O2/c1-4-7-17(3)13-9-14(19)18(15(13)20)11-6-5-10(2)12(16)8-11/h4-6,8,13H,1,7,9H2,2-3H3/t13-/m0/s1. The van der Waals surface area contributed by atoms with Crippen LogP contribution in [0.5, 0.6) is 0 Å². The van der Waals surface area contributed by atoms with Gasteiger partial charge >= 0.3 is 0 Å². The minimum Gasteiger partial charge on any atom is -0.291 e. The van der Waals surface area contributed by atoms with Gasteiger partial charge in [-0.1, -0.05) is 23.7 Å². The second-order valence-corrected chi connectivity index (χ2v) is 5.36. The maximum absolute atomic E-state index is 12.4. The van der Waals surface area contributed by atoms with Crippen molar-refractivity contribution in [3.63, 3.8) is 0 Å². The van der Waals surface area contributed by atoms with Crippen LogP contribution in [0.25, 0.3) is 0 Å². The van der Waals surface area contributed by atoms with Gasteiger partial charge in [-0.3, -0.25) is 14.5 Å². The molecule has 1 aliphatic rings. The fourth-order valence-corrected chi connectivity index (χ4v) is 2.46. The Bertz CT molecular complexity index is 571. The van der Waals surface area contributed by atoms with E-state index in [-0.39, 0.29) is 18.2 Å². The third-order valence-electron chi connectivity index (χ3n) is 3.49. The summed E-state index contributed by atoms with van der Waals surface area (Å²) in [5.41, 5.74) is 1.44. The lowest BCUT2D eigenvalue weighted by Gasteiger charge is -2.21. The smallest absolute Gasteiger partial charge is 0.251 e. The van der Waals surface area contributed by atoms with E-state index in [1.165, 1.54) is 4.90 Å². The Morgan fingerprint density at radius 1 is 1.50 bits per heavy atom. The van der Waals surface area contributed by atoms with Crippen LogP contribution >= 0.6 is 11.6 Å². The quantitative estimate of drug-likeness (QED) is 0.632. The molecule has 0 radical (unpaired) electrons. The predicted octanol–water partition coefficient (Wildman–Crippen LogP) is 2.40. The molecule has 0 spiro atoms. The first-order chi connectivity index (χ1) is 9.45. The zero-order valence-electron chi connectivity index (χ0n) is 11.6. The van der Waals surface area contributed by atoms with Crippen LogP contribution in [0, 0.1) is 6.92 Å². The van der Waals surface area contributed by atoms with E-state index >= 15 is 0 Å². The van der Waals surface area contributed by atoms with E-state index in [9.17, 15) is 9.59 Å². The van der Waals surface area contributed by atoms with Crippen molar-refractivity contribution in [3.8, 4) is 0 Å². The molecule has 2 rings (SSSR count). The molecular weight excluding hydrogens is 276 g/mol. The van der Waals surface area contributed by atoms with Gasteiger partial charge in [-0.05, 0) is 31.7 Å². The van der Waals surface area contributed by atoms with Gasteiger partial charge in [-0.2, -0.15) is 0 Å². The number of imide groups is 1. The molecule has 2 amide bonds. The number of amides is 2. The van der Waals surface area contributed by atoms with Gasteiger partial charge in [0.2, 0.25) is 5.91 Å². The third-order valence-corrected chi connectivity index (χ3v) is 3.89. The van der Waals surface area contributed by atoms with Crippen LogP contribution in [0.1, 0.15) is 12.0 Å². The van der Waals surface area contributed by atoms with E-state index in [4.69, 9.17) is 11.6 Å². The fourth-order valence-electron chi connectivity index (χ4n) is 2.28. The van der Waals surface area contributed by atoms with Crippen molar-refractivity contribution in [3.05, 3.63) is 41.4 Å². The molecule has 1 aromatic carbocycles. The van der Waals surface area contributed by atoms with E-state index in [0.717, 1.165) is 5.56 Å². The first-order valence-corrected chi connectivity index (χ1v) is 6.77. The highest BCUT2D eigenvalue weighted by Crippen LogP contribution is 2.28. The van der Waals surface area contributed by atoms with E-state index in [1.807, 2.05) is 18.9 Å². The van der Waals surface area contributed by atoms with Gasteiger partial charge in [0.05, 0.1) is 18.2 Å². The number of likely N-dealkylation sites (N-methyl/N-ethyl adjacent to an activating group) is 1. The number of anilines is 1. The largest absolute Gasteiger partial charge is 0.291 e. The maximum atomic E-state index is 12.4. The first kappa shape index (κ1) is 14.8. The van der Waals surface area contributed by atoms with Gasteiger partial charge in [0.1, 0.15) is 0 Å². The number of carbonyl (C=O) groups excluding carboxylic acids is 2. The summed E-state index contributed by atoms with van der Waals surface area (Å²) in [4.78, 5) is 27.6. The average molecular weight is 293 g/mol. The lowest BCUT2D eigenvalue weighted by Crippen LogP contribution is -2.40. The maximum Gasteiger partial charge on any atom is 0.251 e. The monoisotopic (exact) mass is 292 g/mol. The number of hydrogen-bond acceptors (Lipinski definition) is 3. The number of rotatable bonds is 4. The Hall–Kier alpha value is -1.65. The van der Waals surface area contributed by atoms with Gasteiger partial charge < -0.3 is 0 Å². The van der Waals surface area contributed by atoms with Crippen molar-refractivity contribution in [2.75, 3.05) is 18.5 Å². The molecule has 1 fully saturated rings. The summed E-state index contributed by atoms with van der Waals surface area (Å²) in [5, 5.41) is 0.547. The van der Waals surface area contributed by atoms with Crippen LogP contribution in [0.15, 0.2) is 30.9 Å². The molecule has 20 heavy (non-hydrogen) atoms. The molecule has 5 heteroatoms. The average Bonchev–Trinajstić information content (AvgIpc) is 2.69. The SMILES string of the molecule is C=CCN(C)[C@H]1CC(=O)N(c2ccc(C)c(Cl)c2)C1=O. The summed E-state index contributed by atoms with van der Waals surface area (Å²) in [7, 11) is 1.81. The Labute approximate surface area is 123 Å². The zero-order chi connectivity index (χ0) is 14.9. The summed E-state index contributed by atoms with van der Waals surface area (Å²) >= 11 is 6.06. The molecule has 1 saturated heterocycles. The van der Waals surface area contributed by atoms with Crippen molar-refractivity contribution < 1.29 is 9.59 Å².